The molecular formula is C26H38N4O5. The molecule has 3 rings (SSSR count). The van der Waals surface area contributed by atoms with Crippen molar-refractivity contribution in [3.05, 3.63) is 39.9 Å². The van der Waals surface area contributed by atoms with Crippen LogP contribution in [0.5, 0.6) is 0 Å². The number of nitrogens with one attached hydrogen (secondary N) is 1. The SMILES string of the molecule is CCC(=O)N([C@@H](Cc1ccc([N+](=O)[O-])cc1)C(N)=O)[C@@H](C(=O)NC1CCCCC1)C1CCCCC1. The smallest absolute Gasteiger partial charge is 0.269 e. The number of hydrogen-bond acceptors (Lipinski definition) is 5. The van der Waals surface area contributed by atoms with E-state index in [0.29, 0.717) is 5.56 Å². The second-order valence-electron chi connectivity index (χ2n) is 9.89. The van der Waals surface area contributed by atoms with Gasteiger partial charge in [0.2, 0.25) is 17.7 Å². The molecule has 0 heterocycles. The fourth-order valence-electron chi connectivity index (χ4n) is 5.57. The van der Waals surface area contributed by atoms with Gasteiger partial charge in [-0.15, -0.1) is 0 Å². The molecule has 0 aromatic heterocycles. The zero-order valence-corrected chi connectivity index (χ0v) is 20.6. The number of benzene rings is 1. The molecule has 0 unspecified atom stereocenters. The maximum absolute atomic E-state index is 13.7. The van der Waals surface area contributed by atoms with Crippen LogP contribution in [-0.2, 0) is 20.8 Å². The van der Waals surface area contributed by atoms with Crippen molar-refractivity contribution in [3.8, 4) is 0 Å². The second kappa shape index (κ2) is 12.7. The fourth-order valence-corrected chi connectivity index (χ4v) is 5.57. The van der Waals surface area contributed by atoms with Crippen LogP contribution in [0.15, 0.2) is 24.3 Å². The van der Waals surface area contributed by atoms with Gasteiger partial charge < -0.3 is 16.0 Å². The number of nitro groups is 1. The van der Waals surface area contributed by atoms with Crippen LogP contribution in [0.2, 0.25) is 0 Å². The molecule has 9 nitrogen and oxygen atoms in total. The molecular weight excluding hydrogens is 448 g/mol. The van der Waals surface area contributed by atoms with Crippen molar-refractivity contribution >= 4 is 23.4 Å². The maximum Gasteiger partial charge on any atom is 0.269 e. The monoisotopic (exact) mass is 486 g/mol. The van der Waals surface area contributed by atoms with Gasteiger partial charge in [-0.05, 0) is 37.2 Å². The van der Waals surface area contributed by atoms with Gasteiger partial charge in [0.15, 0.2) is 0 Å². The van der Waals surface area contributed by atoms with Crippen LogP contribution >= 0.6 is 0 Å². The second-order valence-corrected chi connectivity index (χ2v) is 9.89. The Morgan fingerprint density at radius 1 is 1.03 bits per heavy atom. The summed E-state index contributed by atoms with van der Waals surface area (Å²) in [7, 11) is 0. The molecule has 3 N–H and O–H groups in total. The fraction of sp³-hybridized carbons (Fsp3) is 0.654. The summed E-state index contributed by atoms with van der Waals surface area (Å²) in [6.07, 6.45) is 10.1. The maximum atomic E-state index is 13.7. The van der Waals surface area contributed by atoms with Crippen LogP contribution in [0.25, 0.3) is 0 Å². The van der Waals surface area contributed by atoms with Gasteiger partial charge in [-0.2, -0.15) is 0 Å². The number of nitro benzene ring substituents is 1. The van der Waals surface area contributed by atoms with Crippen LogP contribution in [0.4, 0.5) is 5.69 Å². The van der Waals surface area contributed by atoms with E-state index in [1.807, 2.05) is 0 Å². The lowest BCUT2D eigenvalue weighted by molar-refractivity contribution is -0.384. The van der Waals surface area contributed by atoms with Gasteiger partial charge in [-0.25, -0.2) is 0 Å². The van der Waals surface area contributed by atoms with E-state index in [1.165, 1.54) is 17.0 Å². The van der Waals surface area contributed by atoms with Crippen molar-refractivity contribution in [1.29, 1.82) is 0 Å². The summed E-state index contributed by atoms with van der Waals surface area (Å²) in [5.41, 5.74) is 6.42. The lowest BCUT2D eigenvalue weighted by Gasteiger charge is -2.42. The van der Waals surface area contributed by atoms with Crippen molar-refractivity contribution in [2.45, 2.75) is 102 Å². The molecule has 0 aliphatic heterocycles. The Morgan fingerprint density at radius 2 is 1.60 bits per heavy atom. The Labute approximate surface area is 207 Å². The van der Waals surface area contributed by atoms with Gasteiger partial charge in [-0.3, -0.25) is 24.5 Å². The van der Waals surface area contributed by atoms with Gasteiger partial charge >= 0.3 is 0 Å². The Bertz CT molecular complexity index is 892. The van der Waals surface area contributed by atoms with E-state index in [-0.39, 0.29) is 42.3 Å². The van der Waals surface area contributed by atoms with Crippen molar-refractivity contribution < 1.29 is 19.3 Å². The Kier molecular flexibility index (Phi) is 9.63. The number of rotatable bonds is 10. The normalized spacial score (nSPS) is 18.9. The van der Waals surface area contributed by atoms with Crippen molar-refractivity contribution in [3.63, 3.8) is 0 Å². The Balaban J connectivity index is 1.93. The molecule has 3 amide bonds. The van der Waals surface area contributed by atoms with Crippen molar-refractivity contribution in [1.82, 2.24) is 10.2 Å². The quantitative estimate of drug-likeness (QED) is 0.384. The van der Waals surface area contributed by atoms with E-state index in [2.05, 4.69) is 5.32 Å². The molecule has 2 aliphatic carbocycles. The van der Waals surface area contributed by atoms with Crippen LogP contribution < -0.4 is 11.1 Å². The molecule has 0 bridgehead atoms. The lowest BCUT2D eigenvalue weighted by Crippen LogP contribution is -2.61. The average Bonchev–Trinajstić information content (AvgIpc) is 2.86. The van der Waals surface area contributed by atoms with E-state index in [4.69, 9.17) is 5.73 Å². The molecule has 0 spiro atoms. The molecule has 2 atom stereocenters. The van der Waals surface area contributed by atoms with E-state index in [9.17, 15) is 24.5 Å². The predicted molar refractivity (Wildman–Crippen MR) is 132 cm³/mol. The number of primary amides is 1. The molecule has 9 heteroatoms. The minimum Gasteiger partial charge on any atom is -0.368 e. The third kappa shape index (κ3) is 7.02. The van der Waals surface area contributed by atoms with Gasteiger partial charge in [0, 0.05) is 31.0 Å². The first-order valence-electron chi connectivity index (χ1n) is 13.0. The zero-order chi connectivity index (χ0) is 25.4. The first-order valence-corrected chi connectivity index (χ1v) is 13.0. The molecule has 1 aromatic carbocycles. The van der Waals surface area contributed by atoms with E-state index in [0.717, 1.165) is 64.2 Å². The van der Waals surface area contributed by atoms with Crippen LogP contribution in [0, 0.1) is 16.0 Å². The number of carbonyl (C=O) groups is 3. The van der Waals surface area contributed by atoms with Gasteiger partial charge in [0.05, 0.1) is 4.92 Å². The number of nitrogens with two attached hydrogens (primary N) is 1. The third-order valence-corrected chi connectivity index (χ3v) is 7.45. The molecule has 0 radical (unpaired) electrons. The van der Waals surface area contributed by atoms with Crippen molar-refractivity contribution in [2.24, 2.45) is 11.7 Å². The molecule has 2 saturated carbocycles. The molecule has 2 fully saturated rings. The first kappa shape index (κ1) is 26.6. The average molecular weight is 487 g/mol. The van der Waals surface area contributed by atoms with Gasteiger partial charge in [-0.1, -0.05) is 57.6 Å². The Morgan fingerprint density at radius 3 is 2.11 bits per heavy atom. The van der Waals surface area contributed by atoms with Crippen LogP contribution in [0.1, 0.15) is 83.1 Å². The van der Waals surface area contributed by atoms with E-state index >= 15 is 0 Å². The number of non-ortho nitro benzene ring substituents is 1. The minimum absolute atomic E-state index is 0.0402. The predicted octanol–water partition coefficient (Wildman–Crippen LogP) is 3.63. The summed E-state index contributed by atoms with van der Waals surface area (Å²) in [4.78, 5) is 51.8. The summed E-state index contributed by atoms with van der Waals surface area (Å²) in [6.45, 7) is 1.72. The zero-order valence-electron chi connectivity index (χ0n) is 20.6. The summed E-state index contributed by atoms with van der Waals surface area (Å²) in [5, 5.41) is 14.2. The Hall–Kier alpha value is -2.97. The number of amides is 3. The highest BCUT2D eigenvalue weighted by molar-refractivity contribution is 5.92. The highest BCUT2D eigenvalue weighted by atomic mass is 16.6. The van der Waals surface area contributed by atoms with Gasteiger partial charge in [0.1, 0.15) is 12.1 Å². The summed E-state index contributed by atoms with van der Waals surface area (Å²) < 4.78 is 0. The molecule has 1 aromatic rings. The molecule has 2 aliphatic rings. The first-order chi connectivity index (χ1) is 16.8. The van der Waals surface area contributed by atoms with E-state index < -0.39 is 22.9 Å². The van der Waals surface area contributed by atoms with Crippen LogP contribution in [0.3, 0.4) is 0 Å². The van der Waals surface area contributed by atoms with Crippen molar-refractivity contribution in [2.75, 3.05) is 0 Å². The summed E-state index contributed by atoms with van der Waals surface area (Å²) in [6, 6.07) is 4.18. The molecule has 35 heavy (non-hydrogen) atoms. The summed E-state index contributed by atoms with van der Waals surface area (Å²) >= 11 is 0. The largest absolute Gasteiger partial charge is 0.368 e. The third-order valence-electron chi connectivity index (χ3n) is 7.45. The highest BCUT2D eigenvalue weighted by Gasteiger charge is 2.42. The van der Waals surface area contributed by atoms with Crippen LogP contribution in [-0.4, -0.2) is 45.7 Å². The number of carbonyl (C=O) groups excluding carboxylic acids is 3. The lowest BCUT2D eigenvalue weighted by atomic mass is 9.81. The topological polar surface area (TPSA) is 136 Å². The van der Waals surface area contributed by atoms with E-state index in [1.54, 1.807) is 19.1 Å². The molecule has 0 saturated heterocycles. The standard InChI is InChI=1S/C26H38N4O5/c1-2-23(31)29(22(25(27)32)17-18-13-15-21(16-14-18)30(34)35)24(19-9-5-3-6-10-19)26(33)28-20-11-7-4-8-12-20/h13-16,19-20,22,24H,2-12,17H2,1H3,(H2,27,32)(H,28,33)/t22-,24+/m0/s1. The number of nitrogens with zero attached hydrogens (tertiary/aromatic N) is 2. The highest BCUT2D eigenvalue weighted by Crippen LogP contribution is 2.32. The summed E-state index contributed by atoms with van der Waals surface area (Å²) in [5.74, 6) is -1.20. The molecule has 192 valence electrons. The van der Waals surface area contributed by atoms with Gasteiger partial charge in [0.25, 0.3) is 5.69 Å². The minimum atomic E-state index is -1.02. The number of hydrogen-bond donors (Lipinski definition) is 2.